The van der Waals surface area contributed by atoms with E-state index in [4.69, 9.17) is 0 Å². The summed E-state index contributed by atoms with van der Waals surface area (Å²) in [5, 5.41) is 12.4. The average molecular weight is 327 g/mol. The molecule has 25 heavy (non-hydrogen) atoms. The second-order valence-corrected chi connectivity index (χ2v) is 6.54. The van der Waals surface area contributed by atoms with E-state index in [1.165, 1.54) is 10.9 Å². The van der Waals surface area contributed by atoms with Gasteiger partial charge in [-0.05, 0) is 35.7 Å². The van der Waals surface area contributed by atoms with E-state index in [0.29, 0.717) is 0 Å². The molecule has 124 valence electrons. The number of aliphatic hydroxyl groups excluding tert-OH is 1. The van der Waals surface area contributed by atoms with Crippen molar-refractivity contribution in [1.29, 1.82) is 0 Å². The van der Waals surface area contributed by atoms with Crippen LogP contribution in [0.25, 0.3) is 10.9 Å². The molecular weight excluding hydrogens is 306 g/mol. The van der Waals surface area contributed by atoms with Gasteiger partial charge < -0.3 is 10.1 Å². The summed E-state index contributed by atoms with van der Waals surface area (Å²) in [5.41, 5.74) is 5.48. The number of aromatic nitrogens is 1. The highest BCUT2D eigenvalue weighted by Gasteiger charge is 2.26. The molecule has 0 saturated carbocycles. The van der Waals surface area contributed by atoms with Gasteiger partial charge in [0.25, 0.3) is 0 Å². The van der Waals surface area contributed by atoms with E-state index in [1.54, 1.807) is 0 Å². The van der Waals surface area contributed by atoms with Crippen LogP contribution in [0, 0.1) is 6.92 Å². The van der Waals surface area contributed by atoms with Gasteiger partial charge in [-0.2, -0.15) is 0 Å². The van der Waals surface area contributed by atoms with E-state index in [1.807, 2.05) is 54.7 Å². The molecule has 4 aromatic rings. The first-order valence-electron chi connectivity index (χ1n) is 8.59. The number of aromatic amines is 1. The minimum atomic E-state index is -0.608. The maximum Gasteiger partial charge on any atom is 0.0899 e. The molecule has 0 fully saturated rings. The molecule has 0 unspecified atom stereocenters. The molecule has 0 aliphatic heterocycles. The molecule has 0 bridgehead atoms. The molecule has 0 amide bonds. The van der Waals surface area contributed by atoms with E-state index in [0.717, 1.165) is 22.2 Å². The predicted molar refractivity (Wildman–Crippen MR) is 103 cm³/mol. The summed E-state index contributed by atoms with van der Waals surface area (Å²) in [5.74, 6) is -0.126. The SMILES string of the molecule is Cc1ccc2[nH]cc([C@@H](c3ccccc3)[C@@H](O)c3ccccc3)c2c1. The lowest BCUT2D eigenvalue weighted by atomic mass is 9.83. The number of benzene rings is 3. The summed E-state index contributed by atoms with van der Waals surface area (Å²) >= 11 is 0. The summed E-state index contributed by atoms with van der Waals surface area (Å²) in [6.45, 7) is 2.10. The number of fused-ring (bicyclic) bond motifs is 1. The van der Waals surface area contributed by atoms with E-state index in [-0.39, 0.29) is 5.92 Å². The number of hydrogen-bond donors (Lipinski definition) is 2. The average Bonchev–Trinajstić information content (AvgIpc) is 3.06. The van der Waals surface area contributed by atoms with Crippen LogP contribution < -0.4 is 0 Å². The lowest BCUT2D eigenvalue weighted by Gasteiger charge is -2.24. The predicted octanol–water partition coefficient (Wildman–Crippen LogP) is 5.34. The van der Waals surface area contributed by atoms with Gasteiger partial charge >= 0.3 is 0 Å². The van der Waals surface area contributed by atoms with Gasteiger partial charge in [-0.15, -0.1) is 0 Å². The highest BCUT2D eigenvalue weighted by molar-refractivity contribution is 5.85. The molecule has 2 N–H and O–H groups in total. The molecular formula is C23H21NO. The fourth-order valence-electron chi connectivity index (χ4n) is 3.55. The molecule has 0 radical (unpaired) electrons. The number of nitrogens with one attached hydrogen (secondary N) is 1. The quantitative estimate of drug-likeness (QED) is 0.521. The molecule has 4 rings (SSSR count). The maximum absolute atomic E-state index is 11.2. The minimum absolute atomic E-state index is 0.126. The van der Waals surface area contributed by atoms with E-state index >= 15 is 0 Å². The van der Waals surface area contributed by atoms with Gasteiger partial charge in [-0.1, -0.05) is 72.3 Å². The molecule has 2 heteroatoms. The summed E-state index contributed by atoms with van der Waals surface area (Å²) in [6, 6.07) is 26.5. The second-order valence-electron chi connectivity index (χ2n) is 6.54. The van der Waals surface area contributed by atoms with Crippen molar-refractivity contribution in [2.24, 2.45) is 0 Å². The zero-order valence-corrected chi connectivity index (χ0v) is 14.2. The molecule has 0 aliphatic carbocycles. The highest BCUT2D eigenvalue weighted by Crippen LogP contribution is 2.40. The monoisotopic (exact) mass is 327 g/mol. The Bertz CT molecular complexity index is 973. The largest absolute Gasteiger partial charge is 0.387 e. The van der Waals surface area contributed by atoms with Gasteiger partial charge in [-0.3, -0.25) is 0 Å². The van der Waals surface area contributed by atoms with Gasteiger partial charge in [-0.25, -0.2) is 0 Å². The maximum atomic E-state index is 11.2. The van der Waals surface area contributed by atoms with E-state index in [9.17, 15) is 5.11 Å². The van der Waals surface area contributed by atoms with E-state index < -0.39 is 6.10 Å². The Balaban J connectivity index is 1.90. The molecule has 3 aromatic carbocycles. The summed E-state index contributed by atoms with van der Waals surface area (Å²) < 4.78 is 0. The Morgan fingerprint density at radius 1 is 0.800 bits per heavy atom. The third-order valence-electron chi connectivity index (χ3n) is 4.82. The van der Waals surface area contributed by atoms with Gasteiger partial charge in [0.05, 0.1) is 6.10 Å². The number of aliphatic hydroxyl groups is 1. The molecule has 0 saturated heterocycles. The van der Waals surface area contributed by atoms with Crippen molar-refractivity contribution in [3.05, 3.63) is 107 Å². The Kier molecular flexibility index (Phi) is 4.12. The van der Waals surface area contributed by atoms with Crippen LogP contribution in [0.5, 0.6) is 0 Å². The standard InChI is InChI=1S/C23H21NO/c1-16-12-13-21-19(14-16)20(15-24-21)22(17-8-4-2-5-9-17)23(25)18-10-6-3-7-11-18/h2-15,22-25H,1H3/t22-,23+/m1/s1. The topological polar surface area (TPSA) is 36.0 Å². The van der Waals surface area contributed by atoms with Gasteiger partial charge in [0.2, 0.25) is 0 Å². The first-order valence-corrected chi connectivity index (χ1v) is 8.59. The van der Waals surface area contributed by atoms with Crippen LogP contribution in [-0.4, -0.2) is 10.1 Å². The van der Waals surface area contributed by atoms with Gasteiger partial charge in [0, 0.05) is 23.0 Å². The molecule has 1 aromatic heterocycles. The lowest BCUT2D eigenvalue weighted by Crippen LogP contribution is -2.12. The molecule has 2 atom stereocenters. The zero-order valence-electron chi connectivity index (χ0n) is 14.2. The van der Waals surface area contributed by atoms with Crippen molar-refractivity contribution in [1.82, 2.24) is 4.98 Å². The normalized spacial score (nSPS) is 13.7. The fraction of sp³-hybridized carbons (Fsp3) is 0.130. The van der Waals surface area contributed by atoms with Gasteiger partial charge in [0.15, 0.2) is 0 Å². The second kappa shape index (κ2) is 6.58. The number of H-pyrrole nitrogens is 1. The molecule has 2 nitrogen and oxygen atoms in total. The Morgan fingerprint density at radius 3 is 2.12 bits per heavy atom. The van der Waals surface area contributed by atoms with Crippen molar-refractivity contribution in [2.45, 2.75) is 18.9 Å². The molecule has 0 spiro atoms. The van der Waals surface area contributed by atoms with Crippen LogP contribution in [0.2, 0.25) is 0 Å². The minimum Gasteiger partial charge on any atom is -0.387 e. The number of rotatable bonds is 4. The molecule has 1 heterocycles. The highest BCUT2D eigenvalue weighted by atomic mass is 16.3. The van der Waals surface area contributed by atoms with Crippen LogP contribution >= 0.6 is 0 Å². The van der Waals surface area contributed by atoms with Crippen LogP contribution in [0.15, 0.2) is 85.1 Å². The van der Waals surface area contributed by atoms with E-state index in [2.05, 4.69) is 42.2 Å². The summed E-state index contributed by atoms with van der Waals surface area (Å²) in [6.07, 6.45) is 1.43. The Hall–Kier alpha value is -2.84. The van der Waals surface area contributed by atoms with Crippen LogP contribution in [0.3, 0.4) is 0 Å². The number of aryl methyl sites for hydroxylation is 1. The Morgan fingerprint density at radius 2 is 1.44 bits per heavy atom. The van der Waals surface area contributed by atoms with Crippen molar-refractivity contribution >= 4 is 10.9 Å². The van der Waals surface area contributed by atoms with Crippen LogP contribution in [0.1, 0.15) is 34.3 Å². The van der Waals surface area contributed by atoms with Crippen LogP contribution in [-0.2, 0) is 0 Å². The Labute approximate surface area is 147 Å². The third-order valence-corrected chi connectivity index (χ3v) is 4.82. The van der Waals surface area contributed by atoms with Gasteiger partial charge in [0.1, 0.15) is 0 Å². The first-order chi connectivity index (χ1) is 12.2. The van der Waals surface area contributed by atoms with Crippen molar-refractivity contribution in [3.8, 4) is 0 Å². The smallest absolute Gasteiger partial charge is 0.0899 e. The van der Waals surface area contributed by atoms with Crippen molar-refractivity contribution in [3.63, 3.8) is 0 Å². The fourth-order valence-corrected chi connectivity index (χ4v) is 3.55. The zero-order chi connectivity index (χ0) is 17.2. The number of hydrogen-bond acceptors (Lipinski definition) is 1. The third kappa shape index (κ3) is 2.97. The lowest BCUT2D eigenvalue weighted by molar-refractivity contribution is 0.159. The first kappa shape index (κ1) is 15.7. The molecule has 0 aliphatic rings. The van der Waals surface area contributed by atoms with Crippen molar-refractivity contribution in [2.75, 3.05) is 0 Å². The van der Waals surface area contributed by atoms with Crippen LogP contribution in [0.4, 0.5) is 0 Å². The van der Waals surface area contributed by atoms with Crippen molar-refractivity contribution < 1.29 is 5.11 Å². The summed E-state index contributed by atoms with van der Waals surface area (Å²) in [7, 11) is 0. The summed E-state index contributed by atoms with van der Waals surface area (Å²) in [4.78, 5) is 3.36.